The van der Waals surface area contributed by atoms with E-state index in [-0.39, 0.29) is 35.8 Å². The molecule has 3 atom stereocenters. The van der Waals surface area contributed by atoms with Gasteiger partial charge in [-0.2, -0.15) is 0 Å². The highest BCUT2D eigenvalue weighted by molar-refractivity contribution is 7.87. The molecule has 1 aliphatic heterocycles. The van der Waals surface area contributed by atoms with Gasteiger partial charge in [-0.05, 0) is 68.4 Å². The molecule has 7 nitrogen and oxygen atoms in total. The van der Waals surface area contributed by atoms with Crippen LogP contribution >= 0.6 is 11.6 Å². The number of nitrogens with zero attached hydrogens (tertiary/aromatic N) is 3. The van der Waals surface area contributed by atoms with Crippen molar-refractivity contribution in [1.82, 2.24) is 9.80 Å². The first-order valence-corrected chi connectivity index (χ1v) is 17.9. The van der Waals surface area contributed by atoms with Crippen LogP contribution in [-0.2, 0) is 25.3 Å². The zero-order valence-corrected chi connectivity index (χ0v) is 30.0. The number of aryl methyl sites for hydroxylation is 1. The van der Waals surface area contributed by atoms with Crippen LogP contribution in [0.15, 0.2) is 78.9 Å². The van der Waals surface area contributed by atoms with Gasteiger partial charge >= 0.3 is 0 Å². The number of ether oxygens (including phenoxy) is 1. The number of benzene rings is 3. The van der Waals surface area contributed by atoms with Gasteiger partial charge in [0, 0.05) is 26.0 Å². The van der Waals surface area contributed by atoms with E-state index in [9.17, 15) is 18.2 Å². The number of carbonyl (C=O) groups is 2. The molecule has 2 amide bonds. The maximum absolute atomic E-state index is 14.8. The van der Waals surface area contributed by atoms with Crippen LogP contribution in [0.2, 0.25) is 5.02 Å². The zero-order chi connectivity index (χ0) is 34.5. The van der Waals surface area contributed by atoms with Crippen molar-refractivity contribution in [3.05, 3.63) is 101 Å². The predicted octanol–water partition coefficient (Wildman–Crippen LogP) is 7.61. The Balaban J connectivity index is 0.000000333. The topological polar surface area (TPSA) is 70.2 Å². The van der Waals surface area contributed by atoms with Crippen molar-refractivity contribution in [2.24, 2.45) is 5.92 Å². The lowest BCUT2D eigenvalue weighted by atomic mass is 10.00. The van der Waals surface area contributed by atoms with Gasteiger partial charge in [0.15, 0.2) is 0 Å². The first-order chi connectivity index (χ1) is 22.6. The van der Waals surface area contributed by atoms with E-state index in [1.165, 1.54) is 23.5 Å². The molecule has 2 saturated carbocycles. The number of hydrogen-bond acceptors (Lipinski definition) is 4. The molecule has 6 rings (SSSR count). The summed E-state index contributed by atoms with van der Waals surface area (Å²) in [5.74, 6) is -0.0790. The summed E-state index contributed by atoms with van der Waals surface area (Å²) in [5.41, 5.74) is 2.61. The highest BCUT2D eigenvalue weighted by Crippen LogP contribution is 2.42. The first kappa shape index (κ1) is 38.2. The van der Waals surface area contributed by atoms with Gasteiger partial charge in [0.1, 0.15) is 23.4 Å². The third-order valence-electron chi connectivity index (χ3n) is 7.97. The summed E-state index contributed by atoms with van der Waals surface area (Å²) >= 11 is 6.07. The first-order valence-electron chi connectivity index (χ1n) is 16.3. The molecular weight excluding hydrogens is 637 g/mol. The Morgan fingerprint density at radius 2 is 1.55 bits per heavy atom. The molecule has 3 unspecified atom stereocenters. The molecule has 10 heteroatoms. The highest BCUT2D eigenvalue weighted by Gasteiger charge is 2.45. The Morgan fingerprint density at radius 3 is 2.04 bits per heavy atom. The van der Waals surface area contributed by atoms with Gasteiger partial charge in [0.2, 0.25) is 11.8 Å². The van der Waals surface area contributed by atoms with E-state index in [4.69, 9.17) is 16.3 Å². The van der Waals surface area contributed by atoms with Crippen molar-refractivity contribution in [2.45, 2.75) is 70.7 Å². The van der Waals surface area contributed by atoms with Crippen LogP contribution in [0.4, 0.5) is 10.1 Å². The standard InChI is InChI=1S/C24H26ClFN2O3S.C7H8.C4H9NO.C2H6/c25-18-9-7-17(8-10-18)23-14-31-15-24(29)28(23)22(16-5-6-16)13-27(32(30)19-11-12-19)21-4-2-1-3-20(21)26;1-7-5-3-2-4-6-7;1-4(6)5(2)3;1-2/h1-4,7-10,16,19,22-23H,5-6,11-15H2;2-6H,1H3;1-3H3;1-2H3. The maximum atomic E-state index is 14.8. The second kappa shape index (κ2) is 18.9. The van der Waals surface area contributed by atoms with Crippen molar-refractivity contribution >= 4 is 40.1 Å². The normalized spacial score (nSPS) is 18.2. The van der Waals surface area contributed by atoms with E-state index in [0.29, 0.717) is 29.8 Å². The lowest BCUT2D eigenvalue weighted by Gasteiger charge is -2.43. The van der Waals surface area contributed by atoms with Gasteiger partial charge in [-0.25, -0.2) is 8.60 Å². The fourth-order valence-corrected chi connectivity index (χ4v) is 6.63. The fourth-order valence-electron chi connectivity index (χ4n) is 4.97. The van der Waals surface area contributed by atoms with E-state index >= 15 is 0 Å². The van der Waals surface area contributed by atoms with Gasteiger partial charge in [-0.1, -0.05) is 85.6 Å². The van der Waals surface area contributed by atoms with Crippen molar-refractivity contribution < 1.29 is 22.9 Å². The highest BCUT2D eigenvalue weighted by atomic mass is 35.5. The monoisotopic (exact) mass is 685 g/mol. The van der Waals surface area contributed by atoms with Gasteiger partial charge in [-0.15, -0.1) is 0 Å². The van der Waals surface area contributed by atoms with Crippen molar-refractivity contribution in [2.75, 3.05) is 38.2 Å². The number of rotatable bonds is 8. The number of amides is 2. The average Bonchev–Trinajstić information content (AvgIpc) is 3.99. The Hall–Kier alpha value is -3.27. The molecule has 3 aromatic carbocycles. The molecule has 0 bridgehead atoms. The van der Waals surface area contributed by atoms with E-state index in [1.807, 2.05) is 61.2 Å². The molecule has 0 radical (unpaired) electrons. The zero-order valence-electron chi connectivity index (χ0n) is 28.4. The molecule has 256 valence electrons. The second-order valence-corrected chi connectivity index (χ2v) is 13.9. The maximum Gasteiger partial charge on any atom is 0.249 e. The summed E-state index contributed by atoms with van der Waals surface area (Å²) in [6.45, 7) is 8.37. The third-order valence-corrected chi connectivity index (χ3v) is 10.0. The summed E-state index contributed by atoms with van der Waals surface area (Å²) in [6, 6.07) is 23.8. The number of halogens is 2. The predicted molar refractivity (Wildman–Crippen MR) is 190 cm³/mol. The van der Waals surface area contributed by atoms with Crippen LogP contribution in [-0.4, -0.2) is 71.0 Å². The van der Waals surface area contributed by atoms with Crippen molar-refractivity contribution in [1.29, 1.82) is 0 Å². The van der Waals surface area contributed by atoms with Gasteiger partial charge < -0.3 is 14.5 Å². The smallest absolute Gasteiger partial charge is 0.249 e. The van der Waals surface area contributed by atoms with E-state index in [2.05, 4.69) is 19.1 Å². The summed E-state index contributed by atoms with van der Waals surface area (Å²) in [7, 11) is 2.11. The SMILES string of the molecule is CC.CC(=O)N(C)C.Cc1ccccc1.O=C1COCC(c2ccc(Cl)cc2)N1C(CN(c1ccccc1F)S(=O)C1CC1)C1CC1. The fraction of sp³-hybridized carbons (Fsp3) is 0.459. The van der Waals surface area contributed by atoms with Crippen LogP contribution in [0.3, 0.4) is 0 Å². The lowest BCUT2D eigenvalue weighted by Crippen LogP contribution is -2.54. The Kier molecular flexibility index (Phi) is 15.4. The van der Waals surface area contributed by atoms with Crippen molar-refractivity contribution in [3.8, 4) is 0 Å². The molecule has 0 aromatic heterocycles. The van der Waals surface area contributed by atoms with Gasteiger partial charge in [0.25, 0.3) is 0 Å². The molecule has 3 fully saturated rings. The van der Waals surface area contributed by atoms with Crippen LogP contribution in [0.1, 0.15) is 63.6 Å². The van der Waals surface area contributed by atoms with Crippen LogP contribution < -0.4 is 4.31 Å². The summed E-state index contributed by atoms with van der Waals surface area (Å²) in [6.07, 6.45) is 3.78. The number of para-hydroxylation sites is 1. The van der Waals surface area contributed by atoms with Crippen LogP contribution in [0.25, 0.3) is 0 Å². The molecule has 3 aromatic rings. The summed E-state index contributed by atoms with van der Waals surface area (Å²) < 4.78 is 35.4. The Morgan fingerprint density at radius 1 is 0.979 bits per heavy atom. The van der Waals surface area contributed by atoms with Crippen LogP contribution in [0, 0.1) is 18.7 Å². The van der Waals surface area contributed by atoms with Gasteiger partial charge in [0.05, 0.1) is 36.2 Å². The molecule has 2 aliphatic carbocycles. The molecule has 1 saturated heterocycles. The lowest BCUT2D eigenvalue weighted by molar-refractivity contribution is -0.152. The molecule has 47 heavy (non-hydrogen) atoms. The molecule has 0 spiro atoms. The number of hydrogen-bond donors (Lipinski definition) is 0. The summed E-state index contributed by atoms with van der Waals surface area (Å²) in [5, 5.41) is 0.689. The quantitative estimate of drug-likeness (QED) is 0.245. The van der Waals surface area contributed by atoms with Gasteiger partial charge in [-0.3, -0.25) is 13.9 Å². The number of morpholine rings is 1. The summed E-state index contributed by atoms with van der Waals surface area (Å²) in [4.78, 5) is 26.6. The minimum absolute atomic E-state index is 0.0265. The molecular formula is C37H49ClFN3O4S. The largest absolute Gasteiger partial charge is 0.369 e. The molecule has 1 heterocycles. The molecule has 0 N–H and O–H groups in total. The minimum atomic E-state index is -1.34. The van der Waals surface area contributed by atoms with E-state index in [0.717, 1.165) is 31.2 Å². The van der Waals surface area contributed by atoms with E-state index < -0.39 is 16.8 Å². The minimum Gasteiger partial charge on any atom is -0.369 e. The Bertz CT molecular complexity index is 1440. The third kappa shape index (κ3) is 11.7. The number of anilines is 1. The molecule has 3 aliphatic rings. The second-order valence-electron chi connectivity index (χ2n) is 11.8. The van der Waals surface area contributed by atoms with Crippen LogP contribution in [0.5, 0.6) is 0 Å². The average molecular weight is 686 g/mol. The number of carbonyl (C=O) groups excluding carboxylic acids is 2. The Labute approximate surface area is 287 Å². The van der Waals surface area contributed by atoms with E-state index in [1.54, 1.807) is 36.6 Å². The van der Waals surface area contributed by atoms with Crippen molar-refractivity contribution in [3.63, 3.8) is 0 Å².